The van der Waals surface area contributed by atoms with Crippen LogP contribution in [0.2, 0.25) is 0 Å². The lowest BCUT2D eigenvalue weighted by molar-refractivity contribution is -0.144. The Hall–Kier alpha value is -2.12. The number of carbonyl (C=O) groups excluding carboxylic acids is 2. The largest absolute Gasteiger partial charge is 0.497 e. The van der Waals surface area contributed by atoms with Gasteiger partial charge in [0.15, 0.2) is 0 Å². The second-order valence-corrected chi connectivity index (χ2v) is 8.19. The molecule has 2 amide bonds. The van der Waals surface area contributed by atoms with Crippen LogP contribution in [-0.2, 0) is 9.59 Å². The molecule has 0 bridgehead atoms. The van der Waals surface area contributed by atoms with Crippen LogP contribution in [0, 0.1) is 11.3 Å². The van der Waals surface area contributed by atoms with E-state index < -0.39 is 17.9 Å². The van der Waals surface area contributed by atoms with Gasteiger partial charge in [0.1, 0.15) is 5.75 Å². The normalized spacial score (nSPS) is 28.8. The second kappa shape index (κ2) is 7.13. The van der Waals surface area contributed by atoms with Crippen molar-refractivity contribution in [3.05, 3.63) is 29.8 Å². The predicted molar refractivity (Wildman–Crippen MR) is 98.4 cm³/mol. The van der Waals surface area contributed by atoms with Crippen LogP contribution in [-0.4, -0.2) is 54.7 Å². The Morgan fingerprint density at radius 3 is 2.89 bits per heavy atom. The van der Waals surface area contributed by atoms with E-state index in [9.17, 15) is 9.59 Å². The number of piperidine rings is 1. The number of likely N-dealkylation sites (tertiary alicyclic amines) is 1. The average Bonchev–Trinajstić information content (AvgIpc) is 3.27. The molecule has 3 fully saturated rings. The minimum atomic E-state index is -0.563. The quantitative estimate of drug-likeness (QED) is 0.546. The number of hydrogen-bond acceptors (Lipinski definition) is 5. The molecule has 1 spiro atoms. The molecule has 146 valence electrons. The maximum atomic E-state index is 13.1. The summed E-state index contributed by atoms with van der Waals surface area (Å²) in [6, 6.07) is 7.42. The molecule has 1 aromatic carbocycles. The maximum absolute atomic E-state index is 13.1. The van der Waals surface area contributed by atoms with Crippen molar-refractivity contribution in [2.24, 2.45) is 11.3 Å². The summed E-state index contributed by atoms with van der Waals surface area (Å²) in [6.07, 6.45) is 3.72. The van der Waals surface area contributed by atoms with Gasteiger partial charge in [-0.2, -0.15) is 0 Å². The van der Waals surface area contributed by atoms with E-state index in [2.05, 4.69) is 11.4 Å². The SMILES string of the molecule is COc1cccc(C2CCN(C(=O)C3NCC4(CC4)CC3C(=O)NO)C2)c1. The standard InChI is InChI=1S/C20H27N3O4/c1-27-15-4-2-3-13(9-15)14-5-8-23(11-14)19(25)17-16(18(24)22-26)10-20(6-7-20)12-21-17/h2-4,9,14,16-17,21,26H,5-8,10-12H2,1H3,(H,22,24). The van der Waals surface area contributed by atoms with Gasteiger partial charge in [-0.15, -0.1) is 0 Å². The average molecular weight is 373 g/mol. The molecular weight excluding hydrogens is 346 g/mol. The highest BCUT2D eigenvalue weighted by atomic mass is 16.5. The van der Waals surface area contributed by atoms with Gasteiger partial charge in [-0.05, 0) is 48.8 Å². The van der Waals surface area contributed by atoms with Crippen molar-refractivity contribution < 1.29 is 19.5 Å². The van der Waals surface area contributed by atoms with Crippen molar-refractivity contribution in [3.63, 3.8) is 0 Å². The van der Waals surface area contributed by atoms with E-state index in [0.717, 1.165) is 31.6 Å². The van der Waals surface area contributed by atoms with Crippen molar-refractivity contribution in [3.8, 4) is 5.75 Å². The number of hydrogen-bond donors (Lipinski definition) is 3. The van der Waals surface area contributed by atoms with Crippen LogP contribution in [0.4, 0.5) is 0 Å². The number of amides is 2. The molecule has 7 nitrogen and oxygen atoms in total. The third-order valence-corrected chi connectivity index (χ3v) is 6.49. The van der Waals surface area contributed by atoms with Gasteiger partial charge in [-0.25, -0.2) is 5.48 Å². The van der Waals surface area contributed by atoms with Crippen LogP contribution in [0.3, 0.4) is 0 Å². The lowest BCUT2D eigenvalue weighted by Crippen LogP contribution is -2.58. The number of methoxy groups -OCH3 is 1. The molecule has 4 rings (SSSR count). The van der Waals surface area contributed by atoms with Crippen LogP contribution in [0.5, 0.6) is 5.75 Å². The molecule has 1 aliphatic carbocycles. The van der Waals surface area contributed by atoms with Gasteiger partial charge in [-0.3, -0.25) is 14.8 Å². The monoisotopic (exact) mass is 373 g/mol. The molecule has 0 radical (unpaired) electrons. The van der Waals surface area contributed by atoms with E-state index in [1.54, 1.807) is 12.6 Å². The lowest BCUT2D eigenvalue weighted by atomic mass is 9.81. The fourth-order valence-corrected chi connectivity index (χ4v) is 4.59. The van der Waals surface area contributed by atoms with Crippen LogP contribution in [0.1, 0.15) is 37.2 Å². The number of carbonyl (C=O) groups is 2. The first-order chi connectivity index (χ1) is 13.0. The minimum absolute atomic E-state index is 0.0375. The van der Waals surface area contributed by atoms with Crippen LogP contribution in [0.25, 0.3) is 0 Å². The van der Waals surface area contributed by atoms with E-state index in [0.29, 0.717) is 19.5 Å². The van der Waals surface area contributed by atoms with Crippen molar-refractivity contribution in [2.75, 3.05) is 26.7 Å². The minimum Gasteiger partial charge on any atom is -0.497 e. The Morgan fingerprint density at radius 1 is 1.37 bits per heavy atom. The zero-order valence-corrected chi connectivity index (χ0v) is 15.6. The molecule has 1 aromatic rings. The van der Waals surface area contributed by atoms with Crippen LogP contribution in [0.15, 0.2) is 24.3 Å². The Labute approximate surface area is 159 Å². The van der Waals surface area contributed by atoms with E-state index in [-0.39, 0.29) is 17.2 Å². The molecule has 3 aliphatic rings. The molecular formula is C20H27N3O4. The van der Waals surface area contributed by atoms with Crippen molar-refractivity contribution in [2.45, 2.75) is 37.6 Å². The summed E-state index contributed by atoms with van der Waals surface area (Å²) in [5, 5.41) is 12.4. The molecule has 7 heteroatoms. The van der Waals surface area contributed by atoms with Crippen molar-refractivity contribution >= 4 is 11.8 Å². The third-order valence-electron chi connectivity index (χ3n) is 6.49. The first-order valence-corrected chi connectivity index (χ1v) is 9.65. The second-order valence-electron chi connectivity index (χ2n) is 8.19. The fourth-order valence-electron chi connectivity index (χ4n) is 4.59. The number of nitrogens with one attached hydrogen (secondary N) is 2. The maximum Gasteiger partial charge on any atom is 0.248 e. The highest BCUT2D eigenvalue weighted by Gasteiger charge is 2.53. The fraction of sp³-hybridized carbons (Fsp3) is 0.600. The molecule has 2 aliphatic heterocycles. The summed E-state index contributed by atoms with van der Waals surface area (Å²) in [5.74, 6) is 0.0719. The zero-order valence-electron chi connectivity index (χ0n) is 15.6. The zero-order chi connectivity index (χ0) is 19.0. The van der Waals surface area contributed by atoms with Crippen molar-refractivity contribution in [1.29, 1.82) is 0 Å². The number of nitrogens with zero attached hydrogens (tertiary/aromatic N) is 1. The van der Waals surface area contributed by atoms with Crippen LogP contribution >= 0.6 is 0 Å². The van der Waals surface area contributed by atoms with E-state index >= 15 is 0 Å². The van der Waals surface area contributed by atoms with Gasteiger partial charge < -0.3 is 15.0 Å². The van der Waals surface area contributed by atoms with Gasteiger partial charge in [0, 0.05) is 25.6 Å². The van der Waals surface area contributed by atoms with Gasteiger partial charge in [0.25, 0.3) is 0 Å². The highest BCUT2D eigenvalue weighted by Crippen LogP contribution is 2.52. The van der Waals surface area contributed by atoms with Crippen molar-refractivity contribution in [1.82, 2.24) is 15.7 Å². The first kappa shape index (κ1) is 18.3. The van der Waals surface area contributed by atoms with Gasteiger partial charge in [0.05, 0.1) is 19.1 Å². The summed E-state index contributed by atoms with van der Waals surface area (Å²) >= 11 is 0. The van der Waals surface area contributed by atoms with E-state index in [4.69, 9.17) is 9.94 Å². The molecule has 3 N–H and O–H groups in total. The number of benzene rings is 1. The number of hydroxylamine groups is 1. The summed E-state index contributed by atoms with van der Waals surface area (Å²) in [4.78, 5) is 27.2. The lowest BCUT2D eigenvalue weighted by Gasteiger charge is -2.37. The summed E-state index contributed by atoms with van der Waals surface area (Å²) in [7, 11) is 1.65. The Balaban J connectivity index is 1.45. The van der Waals surface area contributed by atoms with E-state index in [1.807, 2.05) is 23.1 Å². The third kappa shape index (κ3) is 3.53. The van der Waals surface area contributed by atoms with Gasteiger partial charge >= 0.3 is 0 Å². The Morgan fingerprint density at radius 2 is 2.19 bits per heavy atom. The summed E-state index contributed by atoms with van der Waals surface area (Å²) in [6.45, 7) is 2.09. The van der Waals surface area contributed by atoms with Gasteiger partial charge in [-0.1, -0.05) is 12.1 Å². The molecule has 0 aromatic heterocycles. The molecule has 1 saturated carbocycles. The molecule has 2 heterocycles. The smallest absolute Gasteiger partial charge is 0.248 e. The summed E-state index contributed by atoms with van der Waals surface area (Å²) < 4.78 is 5.30. The molecule has 2 saturated heterocycles. The van der Waals surface area contributed by atoms with E-state index in [1.165, 1.54) is 5.56 Å². The Bertz CT molecular complexity index is 734. The van der Waals surface area contributed by atoms with Gasteiger partial charge in [0.2, 0.25) is 11.8 Å². The van der Waals surface area contributed by atoms with Crippen LogP contribution < -0.4 is 15.5 Å². The number of ether oxygens (including phenoxy) is 1. The predicted octanol–water partition coefficient (Wildman–Crippen LogP) is 1.27. The highest BCUT2D eigenvalue weighted by molar-refractivity contribution is 5.90. The number of rotatable bonds is 4. The topological polar surface area (TPSA) is 90.9 Å². The summed E-state index contributed by atoms with van der Waals surface area (Å²) in [5.41, 5.74) is 3.07. The molecule has 3 unspecified atom stereocenters. The Kier molecular flexibility index (Phi) is 4.82. The molecule has 3 atom stereocenters. The molecule has 27 heavy (non-hydrogen) atoms. The first-order valence-electron chi connectivity index (χ1n) is 9.65.